The van der Waals surface area contributed by atoms with Crippen LogP contribution in [0.4, 0.5) is 8.78 Å². The van der Waals surface area contributed by atoms with Gasteiger partial charge >= 0.3 is 5.92 Å². The third-order valence-corrected chi connectivity index (χ3v) is 5.54. The molecule has 4 rings (SSSR count). The van der Waals surface area contributed by atoms with E-state index in [1.54, 1.807) is 0 Å². The number of fused-ring (bicyclic) bond motifs is 1. The average molecular weight is 349 g/mol. The lowest BCUT2D eigenvalue weighted by molar-refractivity contribution is -0.224. The number of piperidine rings is 1. The lowest BCUT2D eigenvalue weighted by Crippen LogP contribution is -2.62. The molecule has 2 aromatic rings. The van der Waals surface area contributed by atoms with E-state index in [4.69, 9.17) is 0 Å². The Kier molecular flexibility index (Phi) is 3.79. The van der Waals surface area contributed by atoms with Crippen LogP contribution in [0, 0.1) is 0 Å². The Balaban J connectivity index is 1.53. The van der Waals surface area contributed by atoms with Crippen molar-refractivity contribution in [2.45, 2.75) is 49.5 Å². The van der Waals surface area contributed by atoms with E-state index >= 15 is 0 Å². The van der Waals surface area contributed by atoms with Crippen LogP contribution in [0.15, 0.2) is 24.3 Å². The standard InChI is InChI=1S/C18H21F2N3O2/c19-18(20,17(25)8-4-9-17)16(24)23-10-3-5-12(11-23)15-21-13-6-1-2-7-14(13)22-15/h1-2,6-7,12,25H,3-5,8-11H2,(H,21,22)/t12-/m1/s1. The molecule has 1 aromatic carbocycles. The third kappa shape index (κ3) is 2.61. The van der Waals surface area contributed by atoms with Gasteiger partial charge < -0.3 is 15.0 Å². The zero-order valence-corrected chi connectivity index (χ0v) is 13.8. The number of amides is 1. The molecule has 2 heterocycles. The van der Waals surface area contributed by atoms with E-state index in [2.05, 4.69) is 9.97 Å². The topological polar surface area (TPSA) is 69.2 Å². The number of aromatic nitrogens is 2. The zero-order valence-electron chi connectivity index (χ0n) is 13.8. The quantitative estimate of drug-likeness (QED) is 0.895. The molecule has 0 unspecified atom stereocenters. The first kappa shape index (κ1) is 16.4. The molecule has 2 aliphatic rings. The summed E-state index contributed by atoms with van der Waals surface area (Å²) in [6.07, 6.45) is 1.92. The number of carbonyl (C=O) groups excluding carboxylic acids is 1. The second-order valence-corrected chi connectivity index (χ2v) is 7.19. The van der Waals surface area contributed by atoms with Crippen LogP contribution in [0.1, 0.15) is 43.8 Å². The van der Waals surface area contributed by atoms with Crippen LogP contribution in [-0.4, -0.2) is 50.5 Å². The molecule has 1 aliphatic carbocycles. The lowest BCUT2D eigenvalue weighted by atomic mass is 9.74. The summed E-state index contributed by atoms with van der Waals surface area (Å²) < 4.78 is 28.9. The highest BCUT2D eigenvalue weighted by molar-refractivity contribution is 5.85. The van der Waals surface area contributed by atoms with E-state index in [9.17, 15) is 18.7 Å². The number of H-pyrrole nitrogens is 1. The van der Waals surface area contributed by atoms with Crippen molar-refractivity contribution in [3.8, 4) is 0 Å². The molecule has 0 radical (unpaired) electrons. The Morgan fingerprint density at radius 2 is 2.08 bits per heavy atom. The minimum atomic E-state index is -3.72. The van der Waals surface area contributed by atoms with Gasteiger partial charge in [-0.2, -0.15) is 8.78 Å². The van der Waals surface area contributed by atoms with E-state index in [1.807, 2.05) is 24.3 Å². The summed E-state index contributed by atoms with van der Waals surface area (Å²) in [7, 11) is 0. The molecule has 1 saturated heterocycles. The Hall–Kier alpha value is -2.02. The minimum Gasteiger partial charge on any atom is -0.383 e. The van der Waals surface area contributed by atoms with Crippen molar-refractivity contribution in [3.63, 3.8) is 0 Å². The van der Waals surface area contributed by atoms with Crippen LogP contribution in [0.25, 0.3) is 11.0 Å². The molecule has 0 bridgehead atoms. The molecule has 7 heteroatoms. The number of rotatable bonds is 3. The highest BCUT2D eigenvalue weighted by Crippen LogP contribution is 2.45. The maximum atomic E-state index is 14.5. The number of nitrogens with one attached hydrogen (secondary N) is 1. The smallest absolute Gasteiger partial charge is 0.352 e. The number of nitrogens with zero attached hydrogens (tertiary/aromatic N) is 2. The van der Waals surface area contributed by atoms with Gasteiger partial charge in [-0.1, -0.05) is 12.1 Å². The van der Waals surface area contributed by atoms with Crippen LogP contribution < -0.4 is 0 Å². The lowest BCUT2D eigenvalue weighted by Gasteiger charge is -2.44. The summed E-state index contributed by atoms with van der Waals surface area (Å²) in [5, 5.41) is 10.0. The van der Waals surface area contributed by atoms with Gasteiger partial charge in [-0.15, -0.1) is 0 Å². The minimum absolute atomic E-state index is 0.0212. The summed E-state index contributed by atoms with van der Waals surface area (Å²) in [6.45, 7) is 0.492. The van der Waals surface area contributed by atoms with Crippen molar-refractivity contribution in [1.29, 1.82) is 0 Å². The van der Waals surface area contributed by atoms with Crippen LogP contribution in [0.2, 0.25) is 0 Å². The fourth-order valence-corrected chi connectivity index (χ4v) is 3.77. The van der Waals surface area contributed by atoms with E-state index in [0.29, 0.717) is 19.4 Å². The number of benzene rings is 1. The van der Waals surface area contributed by atoms with Crippen LogP contribution in [-0.2, 0) is 4.79 Å². The summed E-state index contributed by atoms with van der Waals surface area (Å²) >= 11 is 0. The molecule has 1 amide bonds. The first-order chi connectivity index (χ1) is 11.9. The number of hydrogen-bond acceptors (Lipinski definition) is 3. The number of likely N-dealkylation sites (tertiary alicyclic amines) is 1. The molecular formula is C18H21F2N3O2. The number of para-hydroxylation sites is 2. The Labute approximate surface area is 144 Å². The summed E-state index contributed by atoms with van der Waals surface area (Å²) in [6, 6.07) is 7.60. The van der Waals surface area contributed by atoms with Crippen molar-refractivity contribution in [1.82, 2.24) is 14.9 Å². The monoisotopic (exact) mass is 349 g/mol. The Morgan fingerprint density at radius 1 is 1.32 bits per heavy atom. The molecule has 1 saturated carbocycles. The van der Waals surface area contributed by atoms with Gasteiger partial charge in [-0.25, -0.2) is 4.98 Å². The fraction of sp³-hybridized carbons (Fsp3) is 0.556. The number of carbonyl (C=O) groups is 1. The van der Waals surface area contributed by atoms with Gasteiger partial charge in [-0.05, 0) is 44.2 Å². The molecule has 134 valence electrons. The second kappa shape index (κ2) is 5.76. The SMILES string of the molecule is O=C(N1CCC[C@@H](c2nc3ccccc3[nH]2)C1)C(F)(F)C1(O)CCC1. The number of aliphatic hydroxyl groups is 1. The highest BCUT2D eigenvalue weighted by Gasteiger charge is 2.62. The Morgan fingerprint density at radius 3 is 2.76 bits per heavy atom. The van der Waals surface area contributed by atoms with E-state index < -0.39 is 17.4 Å². The van der Waals surface area contributed by atoms with Crippen LogP contribution in [0.3, 0.4) is 0 Å². The molecule has 25 heavy (non-hydrogen) atoms. The molecule has 1 atom stereocenters. The number of halogens is 2. The Bertz CT molecular complexity index is 767. The van der Waals surface area contributed by atoms with Gasteiger partial charge in [0.2, 0.25) is 0 Å². The van der Waals surface area contributed by atoms with Crippen molar-refractivity contribution >= 4 is 16.9 Å². The normalized spacial score (nSPS) is 23.5. The third-order valence-electron chi connectivity index (χ3n) is 5.54. The van der Waals surface area contributed by atoms with E-state index in [0.717, 1.165) is 23.3 Å². The van der Waals surface area contributed by atoms with Gasteiger partial charge in [0.05, 0.1) is 11.0 Å². The average Bonchev–Trinajstić information content (AvgIpc) is 3.03. The van der Waals surface area contributed by atoms with Crippen molar-refractivity contribution in [2.24, 2.45) is 0 Å². The second-order valence-electron chi connectivity index (χ2n) is 7.19. The first-order valence-electron chi connectivity index (χ1n) is 8.75. The zero-order chi connectivity index (χ0) is 17.7. The molecule has 0 spiro atoms. The fourth-order valence-electron chi connectivity index (χ4n) is 3.77. The maximum absolute atomic E-state index is 14.5. The van der Waals surface area contributed by atoms with Gasteiger partial charge in [0.15, 0.2) is 0 Å². The molecule has 2 fully saturated rings. The molecule has 1 aromatic heterocycles. The predicted octanol–water partition coefficient (Wildman–Crippen LogP) is 2.82. The molecule has 2 N–H and O–H groups in total. The summed E-state index contributed by atoms with van der Waals surface area (Å²) in [5.41, 5.74) is -0.443. The maximum Gasteiger partial charge on any atom is 0.352 e. The van der Waals surface area contributed by atoms with Gasteiger partial charge in [0, 0.05) is 19.0 Å². The van der Waals surface area contributed by atoms with Crippen LogP contribution >= 0.6 is 0 Å². The molecular weight excluding hydrogens is 328 g/mol. The largest absolute Gasteiger partial charge is 0.383 e. The van der Waals surface area contributed by atoms with Crippen molar-refractivity contribution in [2.75, 3.05) is 13.1 Å². The van der Waals surface area contributed by atoms with Crippen molar-refractivity contribution < 1.29 is 18.7 Å². The van der Waals surface area contributed by atoms with E-state index in [1.165, 1.54) is 4.90 Å². The van der Waals surface area contributed by atoms with Crippen LogP contribution in [0.5, 0.6) is 0 Å². The summed E-state index contributed by atoms with van der Waals surface area (Å²) in [5.74, 6) is -4.35. The molecule has 1 aliphatic heterocycles. The summed E-state index contributed by atoms with van der Waals surface area (Å²) in [4.78, 5) is 21.4. The molecule has 5 nitrogen and oxygen atoms in total. The van der Waals surface area contributed by atoms with E-state index in [-0.39, 0.29) is 25.3 Å². The van der Waals surface area contributed by atoms with Crippen molar-refractivity contribution in [3.05, 3.63) is 30.1 Å². The first-order valence-corrected chi connectivity index (χ1v) is 8.75. The van der Waals surface area contributed by atoms with Gasteiger partial charge in [-0.3, -0.25) is 4.79 Å². The number of imidazole rings is 1. The van der Waals surface area contributed by atoms with Gasteiger partial charge in [0.1, 0.15) is 11.4 Å². The van der Waals surface area contributed by atoms with Gasteiger partial charge in [0.25, 0.3) is 5.91 Å². The predicted molar refractivity (Wildman–Crippen MR) is 88.4 cm³/mol. The number of aromatic amines is 1. The highest BCUT2D eigenvalue weighted by atomic mass is 19.3. The number of alkyl halides is 2. The number of hydrogen-bond donors (Lipinski definition) is 2.